The second kappa shape index (κ2) is 7.52. The Morgan fingerprint density at radius 2 is 1.64 bits per heavy atom. The van der Waals surface area contributed by atoms with Crippen LogP contribution in [-0.2, 0) is 0 Å². The molecule has 1 aromatic rings. The molecule has 1 atom stereocenters. The Balaban J connectivity index is 0.000000364. The molecule has 0 radical (unpaired) electrons. The van der Waals surface area contributed by atoms with Crippen LogP contribution >= 0.6 is 0 Å². The van der Waals surface area contributed by atoms with Gasteiger partial charge in [0.15, 0.2) is 0 Å². The summed E-state index contributed by atoms with van der Waals surface area (Å²) in [5.74, 6) is 0. The van der Waals surface area contributed by atoms with E-state index in [2.05, 4.69) is 19.1 Å². The molecule has 0 fully saturated rings. The molecule has 14 heavy (non-hydrogen) atoms. The van der Waals surface area contributed by atoms with E-state index in [-0.39, 0.29) is 6.04 Å². The van der Waals surface area contributed by atoms with Crippen molar-refractivity contribution in [3.05, 3.63) is 35.9 Å². The lowest BCUT2D eigenvalue weighted by molar-refractivity contribution is 0.278. The Bertz CT molecular complexity index is 228. The fourth-order valence-electron chi connectivity index (χ4n) is 0.936. The minimum atomic E-state index is -2.17. The van der Waals surface area contributed by atoms with Crippen molar-refractivity contribution in [2.24, 2.45) is 5.73 Å². The van der Waals surface area contributed by atoms with Gasteiger partial charge in [-0.25, -0.2) is 0 Å². The van der Waals surface area contributed by atoms with Gasteiger partial charge < -0.3 is 20.8 Å². The average Bonchev–Trinajstić information content (AvgIpc) is 2.17. The van der Waals surface area contributed by atoms with Crippen LogP contribution < -0.4 is 5.73 Å². The van der Waals surface area contributed by atoms with Crippen molar-refractivity contribution in [2.45, 2.75) is 19.4 Å². The number of rotatable bonds is 2. The Morgan fingerprint density at radius 3 is 2.00 bits per heavy atom. The summed E-state index contributed by atoms with van der Waals surface area (Å²) >= 11 is 0. The number of hydrogen-bond donors (Lipinski definition) is 4. The molecule has 0 aliphatic rings. The summed E-state index contributed by atoms with van der Waals surface area (Å²) in [6.45, 7) is 2.09. The van der Waals surface area contributed by atoms with Gasteiger partial charge in [-0.3, -0.25) is 0 Å². The van der Waals surface area contributed by atoms with Gasteiger partial charge in [-0.2, -0.15) is 0 Å². The first-order valence-corrected chi connectivity index (χ1v) is 4.42. The van der Waals surface area contributed by atoms with Crippen LogP contribution in [0.15, 0.2) is 30.3 Å². The molecule has 5 N–H and O–H groups in total. The largest absolute Gasteiger partial charge is 0.631 e. The first kappa shape index (κ1) is 13.1. The summed E-state index contributed by atoms with van der Waals surface area (Å²) in [5.41, 5.74) is 7.02. The maximum atomic E-state index is 7.17. The van der Waals surface area contributed by atoms with Gasteiger partial charge in [0.05, 0.1) is 0 Å². The van der Waals surface area contributed by atoms with Gasteiger partial charge in [-0.05, 0) is 12.0 Å². The number of nitrogens with two attached hydrogens (primary N) is 1. The highest BCUT2D eigenvalue weighted by Gasteiger charge is 1.99. The fraction of sp³-hybridized carbons (Fsp3) is 0.333. The summed E-state index contributed by atoms with van der Waals surface area (Å²) in [4.78, 5) is 0. The van der Waals surface area contributed by atoms with Gasteiger partial charge >= 0.3 is 7.32 Å². The molecule has 0 amide bonds. The minimum absolute atomic E-state index is 0.209. The molecule has 0 bridgehead atoms. The van der Waals surface area contributed by atoms with Crippen LogP contribution in [0.5, 0.6) is 0 Å². The third-order valence-electron chi connectivity index (χ3n) is 1.67. The fourth-order valence-corrected chi connectivity index (χ4v) is 0.936. The van der Waals surface area contributed by atoms with E-state index in [4.69, 9.17) is 20.8 Å². The average molecular weight is 197 g/mol. The van der Waals surface area contributed by atoms with Crippen LogP contribution in [0.4, 0.5) is 0 Å². The summed E-state index contributed by atoms with van der Waals surface area (Å²) in [6, 6.07) is 10.4. The van der Waals surface area contributed by atoms with Gasteiger partial charge in [-0.15, -0.1) is 0 Å². The second-order valence-corrected chi connectivity index (χ2v) is 2.77. The quantitative estimate of drug-likeness (QED) is 0.504. The molecule has 1 unspecified atom stereocenters. The lowest BCUT2D eigenvalue weighted by atomic mass is 10.1. The summed E-state index contributed by atoms with van der Waals surface area (Å²) < 4.78 is 0. The van der Waals surface area contributed by atoms with Crippen molar-refractivity contribution < 1.29 is 15.1 Å². The van der Waals surface area contributed by atoms with Crippen molar-refractivity contribution in [1.29, 1.82) is 0 Å². The number of hydrogen-bond acceptors (Lipinski definition) is 4. The molecule has 1 rings (SSSR count). The minimum Gasteiger partial charge on any atom is -0.402 e. The monoisotopic (exact) mass is 197 g/mol. The first-order valence-electron chi connectivity index (χ1n) is 4.42. The topological polar surface area (TPSA) is 86.7 Å². The van der Waals surface area contributed by atoms with E-state index >= 15 is 0 Å². The Hall–Kier alpha value is -0.875. The van der Waals surface area contributed by atoms with Gasteiger partial charge in [-0.1, -0.05) is 37.3 Å². The molecular weight excluding hydrogens is 181 g/mol. The molecule has 0 aliphatic heterocycles. The summed E-state index contributed by atoms with van der Waals surface area (Å²) in [7, 11) is -2.17. The van der Waals surface area contributed by atoms with E-state index < -0.39 is 7.32 Å². The summed E-state index contributed by atoms with van der Waals surface area (Å²) in [6.07, 6.45) is 1.00. The number of benzene rings is 1. The lowest BCUT2D eigenvalue weighted by Gasteiger charge is -2.06. The van der Waals surface area contributed by atoms with Crippen molar-refractivity contribution in [1.82, 2.24) is 0 Å². The molecule has 0 saturated carbocycles. The lowest BCUT2D eigenvalue weighted by Crippen LogP contribution is -2.07. The zero-order chi connectivity index (χ0) is 11.0. The van der Waals surface area contributed by atoms with Crippen molar-refractivity contribution in [3.8, 4) is 0 Å². The standard InChI is InChI=1S/C9H13N.BH3O3/c1-2-9(10)8-6-4-3-5-7-8;2-1(3)4/h3-7,9H,2,10H2,1H3;2-4H. The van der Waals surface area contributed by atoms with Gasteiger partial charge in [0.25, 0.3) is 0 Å². The normalized spacial score (nSPS) is 11.2. The maximum absolute atomic E-state index is 7.17. The molecule has 5 heteroatoms. The van der Waals surface area contributed by atoms with Gasteiger partial charge in [0, 0.05) is 6.04 Å². The molecule has 0 heterocycles. The Kier molecular flexibility index (Phi) is 7.05. The van der Waals surface area contributed by atoms with E-state index in [0.717, 1.165) is 6.42 Å². The molecule has 0 aliphatic carbocycles. The Morgan fingerprint density at radius 1 is 1.21 bits per heavy atom. The molecule has 0 saturated heterocycles. The molecule has 1 aromatic carbocycles. The third-order valence-corrected chi connectivity index (χ3v) is 1.67. The van der Waals surface area contributed by atoms with Crippen LogP contribution in [0.2, 0.25) is 0 Å². The van der Waals surface area contributed by atoms with E-state index in [9.17, 15) is 0 Å². The van der Waals surface area contributed by atoms with Gasteiger partial charge in [0.2, 0.25) is 0 Å². The molecule has 0 spiro atoms. The first-order chi connectivity index (χ1) is 6.57. The van der Waals surface area contributed by atoms with Crippen molar-refractivity contribution in [2.75, 3.05) is 0 Å². The SMILES string of the molecule is CCC(N)c1ccccc1.OB(O)O. The smallest absolute Gasteiger partial charge is 0.402 e. The van der Waals surface area contributed by atoms with E-state index in [1.54, 1.807) is 0 Å². The molecule has 0 aromatic heterocycles. The molecule has 4 nitrogen and oxygen atoms in total. The van der Waals surface area contributed by atoms with Crippen molar-refractivity contribution in [3.63, 3.8) is 0 Å². The zero-order valence-electron chi connectivity index (χ0n) is 8.17. The van der Waals surface area contributed by atoms with E-state index in [0.29, 0.717) is 0 Å². The zero-order valence-corrected chi connectivity index (χ0v) is 8.17. The highest BCUT2D eigenvalue weighted by molar-refractivity contribution is 6.30. The maximum Gasteiger partial charge on any atom is 0.631 e. The van der Waals surface area contributed by atoms with Crippen LogP contribution in [-0.4, -0.2) is 22.4 Å². The highest BCUT2D eigenvalue weighted by atomic mass is 16.5. The van der Waals surface area contributed by atoms with Crippen LogP contribution in [0, 0.1) is 0 Å². The van der Waals surface area contributed by atoms with Gasteiger partial charge in [0.1, 0.15) is 0 Å². The molecular formula is C9H16BNO3. The Labute approximate surface area is 84.2 Å². The highest BCUT2D eigenvalue weighted by Crippen LogP contribution is 2.11. The summed E-state index contributed by atoms with van der Waals surface area (Å²) in [5, 5.41) is 21.5. The predicted molar refractivity (Wildman–Crippen MR) is 56.1 cm³/mol. The molecule has 78 valence electrons. The van der Waals surface area contributed by atoms with Crippen LogP contribution in [0.1, 0.15) is 24.9 Å². The van der Waals surface area contributed by atoms with Crippen LogP contribution in [0.25, 0.3) is 0 Å². The predicted octanol–water partition coefficient (Wildman–Crippen LogP) is 0.0446. The van der Waals surface area contributed by atoms with E-state index in [1.165, 1.54) is 5.56 Å². The van der Waals surface area contributed by atoms with E-state index in [1.807, 2.05) is 18.2 Å². The third kappa shape index (κ3) is 6.62. The second-order valence-electron chi connectivity index (χ2n) is 2.77. The van der Waals surface area contributed by atoms with Crippen molar-refractivity contribution >= 4 is 7.32 Å². The van der Waals surface area contributed by atoms with Crippen LogP contribution in [0.3, 0.4) is 0 Å².